The zero-order valence-electron chi connectivity index (χ0n) is 14.5. The molecule has 0 aliphatic carbocycles. The number of hydrogen-bond acceptors (Lipinski definition) is 4. The van der Waals surface area contributed by atoms with E-state index in [2.05, 4.69) is 21.5 Å². The Balaban J connectivity index is 2.03. The van der Waals surface area contributed by atoms with Gasteiger partial charge in [0.25, 0.3) is 0 Å². The molecule has 0 radical (unpaired) electrons. The number of nitrogens with zero attached hydrogens (tertiary/aromatic N) is 1. The molecular weight excluding hydrogens is 312 g/mol. The third-order valence-electron chi connectivity index (χ3n) is 3.65. The van der Waals surface area contributed by atoms with Crippen molar-refractivity contribution in [1.29, 1.82) is 0 Å². The molecule has 0 fully saturated rings. The zero-order chi connectivity index (χ0) is 18.1. The van der Waals surface area contributed by atoms with Crippen LogP contribution in [0.3, 0.4) is 0 Å². The Labute approximate surface area is 148 Å². The number of carbonyl (C=O) groups excluding carboxylic acids is 1. The van der Waals surface area contributed by atoms with Gasteiger partial charge in [-0.2, -0.15) is 0 Å². The van der Waals surface area contributed by atoms with Crippen LogP contribution >= 0.6 is 0 Å². The number of carbonyl (C=O) groups is 1. The van der Waals surface area contributed by atoms with E-state index >= 15 is 0 Å². The molecule has 25 heavy (non-hydrogen) atoms. The highest BCUT2D eigenvalue weighted by atomic mass is 16.5. The summed E-state index contributed by atoms with van der Waals surface area (Å²) >= 11 is 0. The molecule has 0 amide bonds. The molecule has 0 bridgehead atoms. The van der Waals surface area contributed by atoms with Gasteiger partial charge in [-0.25, -0.2) is 4.79 Å². The van der Waals surface area contributed by atoms with Crippen LogP contribution in [0.15, 0.2) is 54.6 Å². The average Bonchev–Trinajstić information content (AvgIpc) is 2.65. The van der Waals surface area contributed by atoms with Crippen LogP contribution in [0, 0.1) is 11.8 Å². The molecule has 4 heteroatoms. The predicted octanol–water partition coefficient (Wildman–Crippen LogP) is 2.67. The largest absolute Gasteiger partial charge is 0.466 e. The van der Waals surface area contributed by atoms with Crippen molar-refractivity contribution in [2.45, 2.75) is 0 Å². The van der Waals surface area contributed by atoms with Crippen LogP contribution in [-0.2, 0) is 9.53 Å². The van der Waals surface area contributed by atoms with Crippen LogP contribution in [0.4, 0.5) is 5.69 Å². The highest BCUT2D eigenvalue weighted by molar-refractivity contribution is 5.86. The summed E-state index contributed by atoms with van der Waals surface area (Å²) in [5.41, 5.74) is 9.49. The maximum Gasteiger partial charge on any atom is 0.330 e. The van der Waals surface area contributed by atoms with E-state index in [0.29, 0.717) is 6.54 Å². The van der Waals surface area contributed by atoms with E-state index in [4.69, 9.17) is 5.73 Å². The van der Waals surface area contributed by atoms with Gasteiger partial charge in [-0.15, -0.1) is 0 Å². The van der Waals surface area contributed by atoms with Gasteiger partial charge in [-0.05, 0) is 48.0 Å². The lowest BCUT2D eigenvalue weighted by Gasteiger charge is -2.17. The summed E-state index contributed by atoms with van der Waals surface area (Å²) in [4.78, 5) is 13.2. The molecule has 0 spiro atoms. The highest BCUT2D eigenvalue weighted by Crippen LogP contribution is 2.13. The second kappa shape index (κ2) is 9.31. The molecule has 0 atom stereocenters. The molecule has 4 nitrogen and oxygen atoms in total. The van der Waals surface area contributed by atoms with Crippen LogP contribution in [0.25, 0.3) is 6.08 Å². The van der Waals surface area contributed by atoms with Crippen molar-refractivity contribution in [3.05, 3.63) is 71.3 Å². The third-order valence-corrected chi connectivity index (χ3v) is 3.65. The topological polar surface area (TPSA) is 55.6 Å². The zero-order valence-corrected chi connectivity index (χ0v) is 14.5. The quantitative estimate of drug-likeness (QED) is 0.519. The van der Waals surface area contributed by atoms with Crippen molar-refractivity contribution in [3.63, 3.8) is 0 Å². The van der Waals surface area contributed by atoms with E-state index in [0.717, 1.165) is 28.9 Å². The van der Waals surface area contributed by atoms with Crippen molar-refractivity contribution < 1.29 is 9.53 Å². The van der Waals surface area contributed by atoms with Gasteiger partial charge in [0.2, 0.25) is 0 Å². The van der Waals surface area contributed by atoms with Crippen molar-refractivity contribution in [2.24, 2.45) is 5.73 Å². The highest BCUT2D eigenvalue weighted by Gasteiger charge is 1.98. The first-order valence-corrected chi connectivity index (χ1v) is 8.02. The van der Waals surface area contributed by atoms with E-state index in [1.165, 1.54) is 13.2 Å². The predicted molar refractivity (Wildman–Crippen MR) is 102 cm³/mol. The molecule has 2 aromatic rings. The van der Waals surface area contributed by atoms with Crippen LogP contribution in [0.2, 0.25) is 0 Å². The molecule has 0 aliphatic heterocycles. The SMILES string of the molecule is COC(=O)/C=C/c1ccc(C#Cc2ccc(N(C)CCN)cc2)cc1. The monoisotopic (exact) mass is 334 g/mol. The van der Waals surface area contributed by atoms with Crippen LogP contribution in [0.5, 0.6) is 0 Å². The maximum absolute atomic E-state index is 11.1. The summed E-state index contributed by atoms with van der Waals surface area (Å²) in [5, 5.41) is 0. The maximum atomic E-state index is 11.1. The smallest absolute Gasteiger partial charge is 0.330 e. The van der Waals surface area contributed by atoms with E-state index in [1.54, 1.807) is 6.08 Å². The molecule has 2 aromatic carbocycles. The van der Waals surface area contributed by atoms with Gasteiger partial charge >= 0.3 is 5.97 Å². The lowest BCUT2D eigenvalue weighted by Crippen LogP contribution is -2.24. The Kier molecular flexibility index (Phi) is 6.82. The summed E-state index contributed by atoms with van der Waals surface area (Å²) in [5.74, 6) is 5.92. The summed E-state index contributed by atoms with van der Waals surface area (Å²) in [7, 11) is 3.37. The van der Waals surface area contributed by atoms with E-state index in [-0.39, 0.29) is 5.97 Å². The second-order valence-electron chi connectivity index (χ2n) is 5.49. The molecule has 2 N–H and O–H groups in total. The Hall–Kier alpha value is -3.03. The van der Waals surface area contributed by atoms with Crippen molar-refractivity contribution in [2.75, 3.05) is 32.1 Å². The van der Waals surface area contributed by atoms with Crippen LogP contribution in [-0.4, -0.2) is 33.2 Å². The van der Waals surface area contributed by atoms with Gasteiger partial charge in [0.15, 0.2) is 0 Å². The van der Waals surface area contributed by atoms with Crippen LogP contribution in [0.1, 0.15) is 16.7 Å². The lowest BCUT2D eigenvalue weighted by atomic mass is 10.1. The third kappa shape index (κ3) is 5.83. The van der Waals surface area contributed by atoms with E-state index < -0.39 is 0 Å². The molecule has 128 valence electrons. The van der Waals surface area contributed by atoms with E-state index in [1.807, 2.05) is 55.6 Å². The minimum absolute atomic E-state index is 0.371. The second-order valence-corrected chi connectivity index (χ2v) is 5.49. The normalized spacial score (nSPS) is 10.2. The number of likely N-dealkylation sites (N-methyl/N-ethyl adjacent to an activating group) is 1. The Bertz CT molecular complexity index is 781. The van der Waals surface area contributed by atoms with Gasteiger partial charge in [0.05, 0.1) is 7.11 Å². The number of nitrogens with two attached hydrogens (primary N) is 1. The number of hydrogen-bond donors (Lipinski definition) is 1. The molecule has 0 saturated heterocycles. The number of rotatable bonds is 5. The fourth-order valence-electron chi connectivity index (χ4n) is 2.18. The van der Waals surface area contributed by atoms with E-state index in [9.17, 15) is 4.79 Å². The summed E-state index contributed by atoms with van der Waals surface area (Å²) < 4.78 is 4.56. The first kappa shape index (κ1) is 18.3. The van der Waals surface area contributed by atoms with Gasteiger partial charge in [0.1, 0.15) is 0 Å². The van der Waals surface area contributed by atoms with Crippen molar-refractivity contribution in [3.8, 4) is 11.8 Å². The van der Waals surface area contributed by atoms with Gasteiger partial charge in [-0.1, -0.05) is 24.0 Å². The summed E-state index contributed by atoms with van der Waals surface area (Å²) in [6.45, 7) is 1.45. The Morgan fingerprint density at radius 3 is 2.16 bits per heavy atom. The fraction of sp³-hybridized carbons (Fsp3) is 0.190. The first-order valence-electron chi connectivity index (χ1n) is 8.02. The number of anilines is 1. The molecule has 0 aromatic heterocycles. The van der Waals surface area contributed by atoms with Gasteiger partial charge in [-0.3, -0.25) is 0 Å². The van der Waals surface area contributed by atoms with Crippen molar-refractivity contribution >= 4 is 17.7 Å². The summed E-state index contributed by atoms with van der Waals surface area (Å²) in [6, 6.07) is 15.8. The summed E-state index contributed by atoms with van der Waals surface area (Å²) in [6.07, 6.45) is 3.10. The number of benzene rings is 2. The number of ether oxygens (including phenoxy) is 1. The molecular formula is C21H22N2O2. The molecule has 0 unspecified atom stereocenters. The number of methoxy groups -OCH3 is 1. The molecule has 0 aliphatic rings. The minimum atomic E-state index is -0.371. The fourth-order valence-corrected chi connectivity index (χ4v) is 2.18. The standard InChI is InChI=1S/C21H22N2O2/c1-23(16-15-22)20-12-9-19(10-13-20)8-5-17-3-6-18(7-4-17)11-14-21(24)25-2/h3-4,6-7,9-14H,15-16,22H2,1-2H3/b14-11+. The average molecular weight is 334 g/mol. The van der Waals surface area contributed by atoms with Crippen molar-refractivity contribution in [1.82, 2.24) is 0 Å². The first-order chi connectivity index (χ1) is 12.1. The molecule has 0 heterocycles. The Morgan fingerprint density at radius 2 is 1.64 bits per heavy atom. The van der Waals surface area contributed by atoms with Gasteiger partial charge in [0, 0.05) is 43.0 Å². The Morgan fingerprint density at radius 1 is 1.08 bits per heavy atom. The number of esters is 1. The van der Waals surface area contributed by atoms with Gasteiger partial charge < -0.3 is 15.4 Å². The van der Waals surface area contributed by atoms with Crippen LogP contribution < -0.4 is 10.6 Å². The minimum Gasteiger partial charge on any atom is -0.466 e. The lowest BCUT2D eigenvalue weighted by molar-refractivity contribution is -0.134. The molecule has 2 rings (SSSR count). The molecule has 0 saturated carbocycles.